The Labute approximate surface area is 482 Å². The summed E-state index contributed by atoms with van der Waals surface area (Å²) in [5, 5.41) is 2.61. The third kappa shape index (κ3) is 8.82. The van der Waals surface area contributed by atoms with Gasteiger partial charge in [-0.05, 0) is 167 Å². The molecule has 0 spiro atoms. The van der Waals surface area contributed by atoms with Crippen molar-refractivity contribution in [2.75, 3.05) is 23.0 Å². The number of anilines is 6. The van der Waals surface area contributed by atoms with E-state index in [9.17, 15) is 0 Å². The molecule has 4 heterocycles. The van der Waals surface area contributed by atoms with Crippen LogP contribution < -0.4 is 35.7 Å². The van der Waals surface area contributed by atoms with Gasteiger partial charge in [0.05, 0.1) is 5.69 Å². The van der Waals surface area contributed by atoms with Crippen molar-refractivity contribution in [1.82, 2.24) is 0 Å². The van der Waals surface area contributed by atoms with Gasteiger partial charge < -0.3 is 19.3 Å². The Bertz CT molecular complexity index is 4230. The summed E-state index contributed by atoms with van der Waals surface area (Å²) in [6.45, 7) is 23.8. The Morgan fingerprint density at radius 3 is 1.58 bits per heavy atom. The molecule has 0 amide bonds. The Morgan fingerprint density at radius 2 is 0.926 bits per heavy atom. The van der Waals surface area contributed by atoms with E-state index in [1.165, 1.54) is 103 Å². The molecule has 11 aromatic rings. The highest BCUT2D eigenvalue weighted by Crippen LogP contribution is 2.51. The lowest BCUT2D eigenvalue weighted by molar-refractivity contribution is 0.172. The largest absolute Gasteiger partial charge is 0.486 e. The van der Waals surface area contributed by atoms with Gasteiger partial charge in [0, 0.05) is 60.2 Å². The van der Waals surface area contributed by atoms with Crippen LogP contribution in [0.3, 0.4) is 0 Å². The van der Waals surface area contributed by atoms with Gasteiger partial charge in [-0.15, -0.1) is 11.3 Å². The lowest BCUT2D eigenvalue weighted by Crippen LogP contribution is -2.61. The highest BCUT2D eigenvalue weighted by Gasteiger charge is 2.45. The Morgan fingerprint density at radius 1 is 0.383 bits per heavy atom. The number of benzene rings is 10. The standard InChI is InChI=1S/C75H67BN2O2S/c1-46-36-66-72-67(37-46)78(63-33-30-56(75(8,9)10)43-60(63)49-16-12-11-13-17-49)65-45-69-68(79-34-35-80-69)44-62(65)76(72)61-32-25-50(51-24-31-59-58-18-14-15-19-70(58)81-71(59)42-51)41-64(61)77(66)57-39-52(47-20-26-54(27-21-47)73(2,3)4)38-53(40-57)48-22-28-55(29-23-48)74(5,6)7/h11-33,36-45H,34-35H2,1-10H3. The second-order valence-electron chi connectivity index (χ2n) is 25.7. The first kappa shape index (κ1) is 50.9. The minimum absolute atomic E-state index is 0.0271. The molecule has 0 unspecified atom stereocenters. The van der Waals surface area contributed by atoms with Gasteiger partial charge in [-0.2, -0.15) is 0 Å². The van der Waals surface area contributed by atoms with Crippen molar-refractivity contribution in [2.24, 2.45) is 0 Å². The van der Waals surface area contributed by atoms with Crippen LogP contribution in [0.15, 0.2) is 200 Å². The molecule has 0 saturated heterocycles. The van der Waals surface area contributed by atoms with E-state index in [4.69, 9.17) is 9.47 Å². The number of rotatable bonds is 6. The summed E-state index contributed by atoms with van der Waals surface area (Å²) < 4.78 is 15.7. The van der Waals surface area contributed by atoms with Crippen LogP contribution in [0.25, 0.3) is 64.7 Å². The van der Waals surface area contributed by atoms with Gasteiger partial charge in [0.1, 0.15) is 13.2 Å². The molecule has 81 heavy (non-hydrogen) atoms. The van der Waals surface area contributed by atoms with Crippen molar-refractivity contribution in [2.45, 2.75) is 85.5 Å². The monoisotopic (exact) mass is 1070 g/mol. The van der Waals surface area contributed by atoms with Crippen LogP contribution in [-0.4, -0.2) is 19.9 Å². The van der Waals surface area contributed by atoms with E-state index in [-0.39, 0.29) is 23.0 Å². The van der Waals surface area contributed by atoms with E-state index in [0.717, 1.165) is 45.6 Å². The highest BCUT2D eigenvalue weighted by atomic mass is 32.1. The number of aryl methyl sites for hydroxylation is 1. The molecule has 398 valence electrons. The summed E-state index contributed by atoms with van der Waals surface area (Å²) in [6.07, 6.45) is 0. The summed E-state index contributed by atoms with van der Waals surface area (Å²) in [4.78, 5) is 5.14. The normalized spacial score (nSPS) is 13.8. The van der Waals surface area contributed by atoms with Gasteiger partial charge in [-0.1, -0.05) is 190 Å². The van der Waals surface area contributed by atoms with Crippen molar-refractivity contribution in [3.8, 4) is 56.0 Å². The molecule has 0 fully saturated rings. The zero-order chi connectivity index (χ0) is 55.7. The summed E-state index contributed by atoms with van der Waals surface area (Å²) >= 11 is 1.87. The molecular weight excluding hydrogens is 1000 g/mol. The molecule has 4 nitrogen and oxygen atoms in total. The third-order valence-electron chi connectivity index (χ3n) is 17.1. The van der Waals surface area contributed by atoms with Crippen molar-refractivity contribution in [3.63, 3.8) is 0 Å². The SMILES string of the molecule is Cc1cc2c3c(c1)N(c1ccc(C(C)(C)C)cc1-c1ccccc1)c1cc4c(cc1B3c1ccc(-c3ccc5c(c3)sc3ccccc35)cc1N2c1cc(-c2ccc(C(C)(C)C)cc2)cc(-c2ccc(C(C)(C)C)cc2)c1)OCCO4. The fraction of sp³-hybridized carbons (Fsp3) is 0.200. The quantitative estimate of drug-likeness (QED) is 0.155. The zero-order valence-corrected chi connectivity index (χ0v) is 49.0. The van der Waals surface area contributed by atoms with Crippen LogP contribution in [0.1, 0.15) is 84.6 Å². The molecular formula is C75H67BN2O2S. The van der Waals surface area contributed by atoms with E-state index < -0.39 is 0 Å². The van der Waals surface area contributed by atoms with Gasteiger partial charge in [-0.25, -0.2) is 0 Å². The molecule has 0 N–H and O–H groups in total. The van der Waals surface area contributed by atoms with Crippen LogP contribution in [0.5, 0.6) is 11.5 Å². The van der Waals surface area contributed by atoms with Crippen LogP contribution >= 0.6 is 11.3 Å². The maximum atomic E-state index is 6.55. The molecule has 1 aromatic heterocycles. The van der Waals surface area contributed by atoms with Crippen LogP contribution in [-0.2, 0) is 16.2 Å². The topological polar surface area (TPSA) is 24.9 Å². The summed E-state index contributed by atoms with van der Waals surface area (Å²) in [5.41, 5.74) is 25.0. The van der Waals surface area contributed by atoms with Crippen molar-refractivity contribution >= 4 is 88.7 Å². The zero-order valence-electron chi connectivity index (χ0n) is 48.2. The van der Waals surface area contributed by atoms with Crippen LogP contribution in [0.4, 0.5) is 34.1 Å². The van der Waals surface area contributed by atoms with Gasteiger partial charge in [0.15, 0.2) is 11.5 Å². The maximum Gasteiger partial charge on any atom is 0.252 e. The number of thiophene rings is 1. The van der Waals surface area contributed by atoms with Crippen molar-refractivity contribution in [3.05, 3.63) is 222 Å². The second kappa shape index (κ2) is 18.9. The van der Waals surface area contributed by atoms with Gasteiger partial charge in [0.25, 0.3) is 6.71 Å². The number of hydrogen-bond acceptors (Lipinski definition) is 5. The maximum absolute atomic E-state index is 6.55. The van der Waals surface area contributed by atoms with E-state index in [1.54, 1.807) is 0 Å². The van der Waals surface area contributed by atoms with E-state index >= 15 is 0 Å². The molecule has 3 aliphatic rings. The third-order valence-corrected chi connectivity index (χ3v) is 18.3. The smallest absolute Gasteiger partial charge is 0.252 e. The first-order valence-corrected chi connectivity index (χ1v) is 29.6. The van der Waals surface area contributed by atoms with Crippen molar-refractivity contribution in [1.29, 1.82) is 0 Å². The number of ether oxygens (including phenoxy) is 2. The summed E-state index contributed by atoms with van der Waals surface area (Å²) in [7, 11) is 0. The molecule has 14 rings (SSSR count). The predicted octanol–water partition coefficient (Wildman–Crippen LogP) is 18.8. The molecule has 0 aliphatic carbocycles. The van der Waals surface area contributed by atoms with Gasteiger partial charge >= 0.3 is 0 Å². The number of nitrogens with zero attached hydrogens (tertiary/aromatic N) is 2. The average molecular weight is 1070 g/mol. The van der Waals surface area contributed by atoms with E-state index in [1.807, 2.05) is 11.3 Å². The molecule has 0 saturated carbocycles. The first-order chi connectivity index (χ1) is 38.9. The summed E-state index contributed by atoms with van der Waals surface area (Å²) in [5.74, 6) is 1.56. The molecule has 6 heteroatoms. The van der Waals surface area contributed by atoms with Crippen LogP contribution in [0.2, 0.25) is 0 Å². The highest BCUT2D eigenvalue weighted by molar-refractivity contribution is 7.25. The van der Waals surface area contributed by atoms with E-state index in [2.05, 4.69) is 279 Å². The lowest BCUT2D eigenvalue weighted by atomic mass is 9.33. The summed E-state index contributed by atoms with van der Waals surface area (Å²) in [6, 6.07) is 76.3. The minimum atomic E-state index is -0.144. The molecule has 0 bridgehead atoms. The Kier molecular flexibility index (Phi) is 11.9. The molecule has 0 radical (unpaired) electrons. The van der Waals surface area contributed by atoms with Gasteiger partial charge in [0.2, 0.25) is 0 Å². The second-order valence-corrected chi connectivity index (χ2v) is 26.8. The van der Waals surface area contributed by atoms with E-state index in [0.29, 0.717) is 13.2 Å². The molecule has 10 aromatic carbocycles. The average Bonchev–Trinajstić information content (AvgIpc) is 4.01. The van der Waals surface area contributed by atoms with Gasteiger partial charge in [-0.3, -0.25) is 0 Å². The number of hydrogen-bond donors (Lipinski definition) is 0. The fourth-order valence-corrected chi connectivity index (χ4v) is 13.9. The fourth-order valence-electron chi connectivity index (χ4n) is 12.7. The Hall–Kier alpha value is -8.32. The minimum Gasteiger partial charge on any atom is -0.486 e. The van der Waals surface area contributed by atoms with Crippen LogP contribution in [0, 0.1) is 6.92 Å². The van der Waals surface area contributed by atoms with Crippen molar-refractivity contribution < 1.29 is 9.47 Å². The predicted molar refractivity (Wildman–Crippen MR) is 347 cm³/mol. The first-order valence-electron chi connectivity index (χ1n) is 28.7. The molecule has 0 atom stereocenters. The lowest BCUT2D eigenvalue weighted by Gasteiger charge is -2.45. The number of fused-ring (bicyclic) bond motifs is 8. The molecule has 3 aliphatic heterocycles. The Balaban J connectivity index is 1.06.